The average molecular weight is 572 g/mol. The smallest absolute Gasteiger partial charge is 0.243 e. The Hall–Kier alpha value is -3.22. The number of hydrogen-bond acceptors (Lipinski definition) is 4. The molecular weight excluding hydrogens is 535 g/mol. The first-order valence-electron chi connectivity index (χ1n) is 12.9. The van der Waals surface area contributed by atoms with Gasteiger partial charge >= 0.3 is 0 Å². The fourth-order valence-corrected chi connectivity index (χ4v) is 4.54. The molecule has 1 atom stereocenters. The lowest BCUT2D eigenvalue weighted by Gasteiger charge is -2.34. The van der Waals surface area contributed by atoms with Crippen LogP contribution in [0.5, 0.6) is 11.5 Å². The maximum Gasteiger partial charge on any atom is 0.243 e. The number of carbonyl (C=O) groups excluding carboxylic acids is 2. The summed E-state index contributed by atoms with van der Waals surface area (Å²) < 4.78 is 11.0. The molecule has 8 heteroatoms. The largest absolute Gasteiger partial charge is 0.497 e. The maximum absolute atomic E-state index is 13.7. The Kier molecular flexibility index (Phi) is 11.1. The summed E-state index contributed by atoms with van der Waals surface area (Å²) >= 11 is 12.6. The summed E-state index contributed by atoms with van der Waals surface area (Å²) in [5, 5.41) is 4.01. The van der Waals surface area contributed by atoms with E-state index in [1.807, 2.05) is 75.4 Å². The number of hydrogen-bond donors (Lipinski definition) is 1. The molecule has 0 bridgehead atoms. The van der Waals surface area contributed by atoms with E-state index in [1.165, 1.54) is 0 Å². The zero-order valence-electron chi connectivity index (χ0n) is 22.9. The van der Waals surface area contributed by atoms with Crippen molar-refractivity contribution in [2.24, 2.45) is 0 Å². The van der Waals surface area contributed by atoms with Crippen LogP contribution in [0.1, 0.15) is 44.7 Å². The Balaban J connectivity index is 1.82. The van der Waals surface area contributed by atoms with Crippen LogP contribution in [0.4, 0.5) is 0 Å². The summed E-state index contributed by atoms with van der Waals surface area (Å²) in [6.07, 6.45) is 1.05. The lowest BCUT2D eigenvalue weighted by Crippen LogP contribution is -2.54. The molecule has 2 amide bonds. The molecule has 0 heterocycles. The highest BCUT2D eigenvalue weighted by Crippen LogP contribution is 2.25. The van der Waals surface area contributed by atoms with Crippen molar-refractivity contribution >= 4 is 35.0 Å². The van der Waals surface area contributed by atoms with Crippen LogP contribution in [0.3, 0.4) is 0 Å². The molecule has 0 radical (unpaired) electrons. The van der Waals surface area contributed by atoms with Gasteiger partial charge in [-0.15, -0.1) is 0 Å². The maximum atomic E-state index is 13.7. The Morgan fingerprint density at radius 2 is 1.62 bits per heavy atom. The number of rotatable bonds is 12. The first kappa shape index (κ1) is 30.3. The average Bonchev–Trinajstić information content (AvgIpc) is 2.89. The molecule has 0 fully saturated rings. The molecule has 0 aliphatic rings. The quantitative estimate of drug-likeness (QED) is 0.245. The van der Waals surface area contributed by atoms with Crippen molar-refractivity contribution in [3.63, 3.8) is 0 Å². The van der Waals surface area contributed by atoms with E-state index in [0.717, 1.165) is 11.3 Å². The molecule has 6 nitrogen and oxygen atoms in total. The number of halogens is 2. The molecule has 1 N–H and O–H groups in total. The lowest BCUT2D eigenvalue weighted by atomic mass is 10.00. The highest BCUT2D eigenvalue weighted by Gasteiger charge is 2.32. The second-order valence-corrected chi connectivity index (χ2v) is 11.2. The van der Waals surface area contributed by atoms with Gasteiger partial charge < -0.3 is 19.7 Å². The fraction of sp³-hybridized carbons (Fsp3) is 0.355. The third kappa shape index (κ3) is 9.79. The van der Waals surface area contributed by atoms with Crippen LogP contribution in [-0.2, 0) is 22.6 Å². The molecule has 0 aliphatic heterocycles. The van der Waals surface area contributed by atoms with E-state index in [2.05, 4.69) is 5.32 Å². The molecule has 0 aliphatic carbocycles. The van der Waals surface area contributed by atoms with E-state index in [-0.39, 0.29) is 24.8 Å². The molecule has 0 spiro atoms. The third-order valence-electron chi connectivity index (χ3n) is 5.99. The molecule has 3 aromatic carbocycles. The van der Waals surface area contributed by atoms with Crippen molar-refractivity contribution in [1.82, 2.24) is 10.2 Å². The van der Waals surface area contributed by atoms with Crippen molar-refractivity contribution in [3.05, 3.63) is 94.0 Å². The summed E-state index contributed by atoms with van der Waals surface area (Å²) in [7, 11) is 1.61. The van der Waals surface area contributed by atoms with Crippen LogP contribution in [0.2, 0.25) is 10.0 Å². The summed E-state index contributed by atoms with van der Waals surface area (Å²) in [5.74, 6) is 1.05. The highest BCUT2D eigenvalue weighted by molar-refractivity contribution is 6.35. The van der Waals surface area contributed by atoms with Gasteiger partial charge in [0.2, 0.25) is 11.8 Å². The molecule has 0 saturated heterocycles. The number of ether oxygens (including phenoxy) is 2. The van der Waals surface area contributed by atoms with Crippen molar-refractivity contribution < 1.29 is 19.1 Å². The SMILES string of the molecule is COc1ccc(OCCCC(=O)N(Cc2ccc(Cl)cc2Cl)[C@H](Cc2ccccc2)C(=O)NC(C)(C)C)cc1. The van der Waals surface area contributed by atoms with E-state index in [1.54, 1.807) is 30.2 Å². The van der Waals surface area contributed by atoms with Gasteiger partial charge in [0.1, 0.15) is 17.5 Å². The van der Waals surface area contributed by atoms with Gasteiger partial charge in [0.15, 0.2) is 0 Å². The highest BCUT2D eigenvalue weighted by atomic mass is 35.5. The summed E-state index contributed by atoms with van der Waals surface area (Å²) in [6, 6.07) is 21.4. The van der Waals surface area contributed by atoms with E-state index in [9.17, 15) is 9.59 Å². The predicted octanol–water partition coefficient (Wildman–Crippen LogP) is 6.72. The number of benzene rings is 3. The summed E-state index contributed by atoms with van der Waals surface area (Å²) in [4.78, 5) is 29.0. The van der Waals surface area contributed by atoms with Crippen LogP contribution in [0, 0.1) is 0 Å². The van der Waals surface area contributed by atoms with Crippen LogP contribution in [0.25, 0.3) is 0 Å². The third-order valence-corrected chi connectivity index (χ3v) is 6.58. The molecule has 0 unspecified atom stereocenters. The number of nitrogens with zero attached hydrogens (tertiary/aromatic N) is 1. The van der Waals surface area contributed by atoms with E-state index >= 15 is 0 Å². The zero-order chi connectivity index (χ0) is 28.4. The molecule has 208 valence electrons. The van der Waals surface area contributed by atoms with Gasteiger partial charge in [-0.05, 0) is 74.7 Å². The van der Waals surface area contributed by atoms with E-state index < -0.39 is 11.6 Å². The predicted molar refractivity (Wildman–Crippen MR) is 157 cm³/mol. The molecule has 0 saturated carbocycles. The molecule has 3 rings (SSSR count). The number of methoxy groups -OCH3 is 1. The number of carbonyl (C=O) groups is 2. The van der Waals surface area contributed by atoms with Crippen LogP contribution in [-0.4, -0.2) is 42.0 Å². The summed E-state index contributed by atoms with van der Waals surface area (Å²) in [5.41, 5.74) is 1.20. The van der Waals surface area contributed by atoms with Gasteiger partial charge in [-0.1, -0.05) is 59.6 Å². The van der Waals surface area contributed by atoms with Crippen molar-refractivity contribution in [2.45, 2.75) is 58.2 Å². The monoisotopic (exact) mass is 570 g/mol. The van der Waals surface area contributed by atoms with Gasteiger partial charge in [-0.25, -0.2) is 0 Å². The minimum Gasteiger partial charge on any atom is -0.497 e. The summed E-state index contributed by atoms with van der Waals surface area (Å²) in [6.45, 7) is 6.28. The standard InChI is InChI=1S/C31H36Cl2N2O4/c1-31(2,3)34-30(37)28(19-22-9-6-5-7-10-22)35(21-23-12-13-24(32)20-27(23)33)29(36)11-8-18-39-26-16-14-25(38-4)15-17-26/h5-7,9-10,12-17,20,28H,8,11,18-19,21H2,1-4H3,(H,34,37)/t28-/m1/s1. The van der Waals surface area contributed by atoms with Gasteiger partial charge in [-0.3, -0.25) is 9.59 Å². The van der Waals surface area contributed by atoms with Gasteiger partial charge in [0.05, 0.1) is 13.7 Å². The second-order valence-electron chi connectivity index (χ2n) is 10.3. The minimum atomic E-state index is -0.742. The minimum absolute atomic E-state index is 0.163. The zero-order valence-corrected chi connectivity index (χ0v) is 24.4. The van der Waals surface area contributed by atoms with Crippen LogP contribution < -0.4 is 14.8 Å². The first-order chi connectivity index (χ1) is 18.6. The molecule has 39 heavy (non-hydrogen) atoms. The Morgan fingerprint density at radius 1 is 0.949 bits per heavy atom. The van der Waals surface area contributed by atoms with Crippen molar-refractivity contribution in [1.29, 1.82) is 0 Å². The first-order valence-corrected chi connectivity index (χ1v) is 13.7. The Morgan fingerprint density at radius 3 is 2.23 bits per heavy atom. The van der Waals surface area contributed by atoms with Gasteiger partial charge in [0.25, 0.3) is 0 Å². The molecule has 3 aromatic rings. The fourth-order valence-electron chi connectivity index (χ4n) is 4.07. The molecule has 0 aromatic heterocycles. The topological polar surface area (TPSA) is 67.9 Å². The Labute approximate surface area is 241 Å². The van der Waals surface area contributed by atoms with E-state index in [4.69, 9.17) is 32.7 Å². The lowest BCUT2D eigenvalue weighted by molar-refractivity contribution is -0.142. The number of amides is 2. The second kappa shape index (κ2) is 14.2. The van der Waals surface area contributed by atoms with Gasteiger partial charge in [-0.2, -0.15) is 0 Å². The molecular formula is C31H36Cl2N2O4. The normalized spacial score (nSPS) is 11.9. The van der Waals surface area contributed by atoms with Crippen molar-refractivity contribution in [3.8, 4) is 11.5 Å². The van der Waals surface area contributed by atoms with E-state index in [0.29, 0.717) is 40.8 Å². The van der Waals surface area contributed by atoms with Crippen LogP contribution in [0.15, 0.2) is 72.8 Å². The number of nitrogens with one attached hydrogen (secondary N) is 1. The Bertz CT molecular complexity index is 1230. The van der Waals surface area contributed by atoms with Crippen LogP contribution >= 0.6 is 23.2 Å². The van der Waals surface area contributed by atoms with Crippen molar-refractivity contribution in [2.75, 3.05) is 13.7 Å². The van der Waals surface area contributed by atoms with Gasteiger partial charge in [0, 0.05) is 35.0 Å².